The topological polar surface area (TPSA) is 33.0 Å². The van der Waals surface area contributed by atoms with Crippen LogP contribution in [0, 0.1) is 11.3 Å². The zero-order valence-electron chi connectivity index (χ0n) is 10.0. The van der Waals surface area contributed by atoms with Crippen molar-refractivity contribution in [2.75, 3.05) is 0 Å². The molecule has 0 bridgehead atoms. The van der Waals surface area contributed by atoms with Crippen LogP contribution < -0.4 is 4.74 Å². The second-order valence-corrected chi connectivity index (χ2v) is 4.02. The molecule has 0 heterocycles. The van der Waals surface area contributed by atoms with Crippen LogP contribution in [-0.4, -0.2) is 6.10 Å². The number of rotatable bonds is 4. The van der Waals surface area contributed by atoms with Crippen LogP contribution in [0.4, 0.5) is 0 Å². The Bertz CT molecular complexity index is 415. The van der Waals surface area contributed by atoms with Gasteiger partial charge < -0.3 is 4.74 Å². The number of benzene rings is 1. The lowest BCUT2D eigenvalue weighted by atomic mass is 9.96. The summed E-state index contributed by atoms with van der Waals surface area (Å²) in [5.74, 6) is 0.814. The minimum Gasteiger partial charge on any atom is -0.490 e. The van der Waals surface area contributed by atoms with Crippen molar-refractivity contribution in [2.45, 2.75) is 32.8 Å². The maximum absolute atomic E-state index is 9.19. The predicted octanol–water partition coefficient (Wildman–Crippen LogP) is 3.63. The standard InChI is InChI=1S/C14H17NO/c1-5-11(4)12-7-6-8-14(13(12)9-15)16-10(2)3/h5-8,10-11H,1H2,2-4H3. The average molecular weight is 215 g/mol. The molecule has 0 spiro atoms. The molecular weight excluding hydrogens is 198 g/mol. The Morgan fingerprint density at radius 3 is 2.56 bits per heavy atom. The zero-order valence-corrected chi connectivity index (χ0v) is 10.0. The van der Waals surface area contributed by atoms with E-state index >= 15 is 0 Å². The summed E-state index contributed by atoms with van der Waals surface area (Å²) in [7, 11) is 0. The third-order valence-electron chi connectivity index (χ3n) is 2.38. The van der Waals surface area contributed by atoms with E-state index in [1.165, 1.54) is 0 Å². The first-order chi connectivity index (χ1) is 7.60. The van der Waals surface area contributed by atoms with Crippen molar-refractivity contribution in [2.24, 2.45) is 0 Å². The molecule has 0 saturated carbocycles. The third-order valence-corrected chi connectivity index (χ3v) is 2.38. The molecular formula is C14H17NO. The van der Waals surface area contributed by atoms with Crippen molar-refractivity contribution < 1.29 is 4.74 Å². The van der Waals surface area contributed by atoms with Crippen molar-refractivity contribution in [3.8, 4) is 11.8 Å². The number of nitriles is 1. The number of hydrogen-bond donors (Lipinski definition) is 0. The normalized spacial score (nSPS) is 11.9. The first-order valence-electron chi connectivity index (χ1n) is 5.42. The molecule has 1 unspecified atom stereocenters. The molecule has 84 valence electrons. The number of nitrogens with zero attached hydrogens (tertiary/aromatic N) is 1. The first-order valence-corrected chi connectivity index (χ1v) is 5.42. The fourth-order valence-electron chi connectivity index (χ4n) is 1.53. The summed E-state index contributed by atoms with van der Waals surface area (Å²) >= 11 is 0. The second kappa shape index (κ2) is 5.37. The van der Waals surface area contributed by atoms with Crippen molar-refractivity contribution in [1.82, 2.24) is 0 Å². The van der Waals surface area contributed by atoms with E-state index in [9.17, 15) is 5.26 Å². The van der Waals surface area contributed by atoms with E-state index in [2.05, 4.69) is 12.6 Å². The van der Waals surface area contributed by atoms with Crippen LogP contribution in [0.15, 0.2) is 30.9 Å². The molecule has 0 aliphatic rings. The van der Waals surface area contributed by atoms with Crippen LogP contribution in [0.3, 0.4) is 0 Å². The van der Waals surface area contributed by atoms with Gasteiger partial charge >= 0.3 is 0 Å². The Morgan fingerprint density at radius 2 is 2.06 bits per heavy atom. The van der Waals surface area contributed by atoms with Crippen LogP contribution >= 0.6 is 0 Å². The highest BCUT2D eigenvalue weighted by atomic mass is 16.5. The maximum atomic E-state index is 9.19. The van der Waals surface area contributed by atoms with Crippen LogP contribution in [0.1, 0.15) is 37.8 Å². The van der Waals surface area contributed by atoms with E-state index in [4.69, 9.17) is 4.74 Å². The minimum absolute atomic E-state index is 0.0707. The summed E-state index contributed by atoms with van der Waals surface area (Å²) in [5, 5.41) is 9.19. The van der Waals surface area contributed by atoms with Gasteiger partial charge in [-0.3, -0.25) is 0 Å². The van der Waals surface area contributed by atoms with Gasteiger partial charge in [-0.05, 0) is 25.5 Å². The fraction of sp³-hybridized carbons (Fsp3) is 0.357. The van der Waals surface area contributed by atoms with Gasteiger partial charge in [0.2, 0.25) is 0 Å². The summed E-state index contributed by atoms with van der Waals surface area (Å²) in [6, 6.07) is 7.90. The highest BCUT2D eigenvalue weighted by molar-refractivity contribution is 5.51. The Hall–Kier alpha value is -1.75. The Balaban J connectivity index is 3.21. The molecule has 2 nitrogen and oxygen atoms in total. The smallest absolute Gasteiger partial charge is 0.137 e. The summed E-state index contributed by atoms with van der Waals surface area (Å²) in [4.78, 5) is 0. The summed E-state index contributed by atoms with van der Waals surface area (Å²) in [6.07, 6.45) is 1.90. The molecule has 1 atom stereocenters. The summed E-state index contributed by atoms with van der Waals surface area (Å²) in [5.41, 5.74) is 1.58. The molecule has 2 heteroatoms. The van der Waals surface area contributed by atoms with Gasteiger partial charge in [-0.15, -0.1) is 6.58 Å². The molecule has 1 rings (SSSR count). The molecule has 0 fully saturated rings. The lowest BCUT2D eigenvalue weighted by Crippen LogP contribution is -2.08. The van der Waals surface area contributed by atoms with Crippen molar-refractivity contribution in [1.29, 1.82) is 5.26 Å². The van der Waals surface area contributed by atoms with E-state index in [0.29, 0.717) is 11.3 Å². The highest BCUT2D eigenvalue weighted by Gasteiger charge is 2.13. The third kappa shape index (κ3) is 2.64. The quantitative estimate of drug-likeness (QED) is 0.718. The van der Waals surface area contributed by atoms with Gasteiger partial charge in [-0.2, -0.15) is 5.26 Å². The molecule has 0 aliphatic heterocycles. The molecule has 0 aromatic heterocycles. The molecule has 0 aliphatic carbocycles. The van der Waals surface area contributed by atoms with Gasteiger partial charge in [0.05, 0.1) is 11.7 Å². The van der Waals surface area contributed by atoms with Gasteiger partial charge in [-0.1, -0.05) is 25.1 Å². The zero-order chi connectivity index (χ0) is 12.1. The van der Waals surface area contributed by atoms with Crippen LogP contribution in [0.25, 0.3) is 0 Å². The van der Waals surface area contributed by atoms with Crippen LogP contribution in [0.2, 0.25) is 0 Å². The van der Waals surface area contributed by atoms with Gasteiger partial charge in [0.25, 0.3) is 0 Å². The van der Waals surface area contributed by atoms with Gasteiger partial charge in [-0.25, -0.2) is 0 Å². The van der Waals surface area contributed by atoms with Crippen molar-refractivity contribution in [3.63, 3.8) is 0 Å². The van der Waals surface area contributed by atoms with Crippen LogP contribution in [-0.2, 0) is 0 Å². The predicted molar refractivity (Wildman–Crippen MR) is 65.5 cm³/mol. The van der Waals surface area contributed by atoms with Gasteiger partial charge in [0, 0.05) is 5.92 Å². The lowest BCUT2D eigenvalue weighted by Gasteiger charge is -2.15. The van der Waals surface area contributed by atoms with Crippen molar-refractivity contribution in [3.05, 3.63) is 42.0 Å². The second-order valence-electron chi connectivity index (χ2n) is 4.02. The number of allylic oxidation sites excluding steroid dienone is 1. The number of ether oxygens (including phenoxy) is 1. The Kier molecular flexibility index (Phi) is 4.13. The fourth-order valence-corrected chi connectivity index (χ4v) is 1.53. The highest BCUT2D eigenvalue weighted by Crippen LogP contribution is 2.28. The molecule has 0 amide bonds. The monoisotopic (exact) mass is 215 g/mol. The van der Waals surface area contributed by atoms with E-state index in [1.807, 2.05) is 45.0 Å². The van der Waals surface area contributed by atoms with Gasteiger partial charge in [0.15, 0.2) is 0 Å². The Morgan fingerprint density at radius 1 is 1.38 bits per heavy atom. The largest absolute Gasteiger partial charge is 0.490 e. The average Bonchev–Trinajstić information content (AvgIpc) is 2.27. The van der Waals surface area contributed by atoms with Gasteiger partial charge in [0.1, 0.15) is 11.8 Å². The summed E-state index contributed by atoms with van der Waals surface area (Å²) < 4.78 is 5.61. The molecule has 16 heavy (non-hydrogen) atoms. The van der Waals surface area contributed by atoms with E-state index in [0.717, 1.165) is 5.56 Å². The van der Waals surface area contributed by atoms with E-state index in [1.54, 1.807) is 0 Å². The van der Waals surface area contributed by atoms with Crippen LogP contribution in [0.5, 0.6) is 5.75 Å². The first kappa shape index (κ1) is 12.3. The maximum Gasteiger partial charge on any atom is 0.137 e. The molecule has 0 radical (unpaired) electrons. The molecule has 1 aromatic carbocycles. The number of hydrogen-bond acceptors (Lipinski definition) is 2. The van der Waals surface area contributed by atoms with Crippen molar-refractivity contribution >= 4 is 0 Å². The van der Waals surface area contributed by atoms with E-state index in [-0.39, 0.29) is 12.0 Å². The lowest BCUT2D eigenvalue weighted by molar-refractivity contribution is 0.241. The molecule has 1 aromatic rings. The molecule has 0 saturated heterocycles. The minimum atomic E-state index is 0.0707. The molecule has 0 N–H and O–H groups in total. The Labute approximate surface area is 97.2 Å². The SMILES string of the molecule is C=CC(C)c1cccc(OC(C)C)c1C#N. The van der Waals surface area contributed by atoms with E-state index < -0.39 is 0 Å². The summed E-state index contributed by atoms with van der Waals surface area (Å²) in [6.45, 7) is 9.67.